The third-order valence-electron chi connectivity index (χ3n) is 4.94. The average Bonchev–Trinajstić information content (AvgIpc) is 3.17. The Hall–Kier alpha value is -2.75. The fourth-order valence-corrected chi connectivity index (χ4v) is 4.95. The Morgan fingerprint density at radius 2 is 1.73 bits per heavy atom. The summed E-state index contributed by atoms with van der Waals surface area (Å²) in [6.45, 7) is 1.87. The average molecular weight is 488 g/mol. The number of rotatable bonds is 6. The summed E-state index contributed by atoms with van der Waals surface area (Å²) >= 11 is 3.30. The molecule has 0 aliphatic rings. The summed E-state index contributed by atoms with van der Waals surface area (Å²) in [5.74, 6) is -1.16. The zero-order valence-electron chi connectivity index (χ0n) is 15.9. The Morgan fingerprint density at radius 3 is 2.43 bits per heavy atom. The molecule has 3 aromatic carbocycles. The Labute approximate surface area is 181 Å². The summed E-state index contributed by atoms with van der Waals surface area (Å²) in [6.07, 6.45) is 0. The fourth-order valence-electron chi connectivity index (χ4n) is 3.42. The molecule has 0 saturated carbocycles. The third kappa shape index (κ3) is 4.09. The molecule has 0 radical (unpaired) electrons. The molecule has 4 aromatic rings. The largest absolute Gasteiger partial charge is 0.434 e. The summed E-state index contributed by atoms with van der Waals surface area (Å²) in [6, 6.07) is 19.0. The van der Waals surface area contributed by atoms with Crippen molar-refractivity contribution >= 4 is 36.7 Å². The van der Waals surface area contributed by atoms with E-state index in [0.29, 0.717) is 0 Å². The van der Waals surface area contributed by atoms with Gasteiger partial charge in [-0.05, 0) is 40.6 Å². The third-order valence-corrected chi connectivity index (χ3v) is 6.93. The van der Waals surface area contributed by atoms with Crippen LogP contribution in [0, 0.1) is 0 Å². The first kappa shape index (κ1) is 20.5. The van der Waals surface area contributed by atoms with Gasteiger partial charge in [0, 0.05) is 10.4 Å². The number of hydrogen-bond donors (Lipinski definition) is 2. The van der Waals surface area contributed by atoms with Crippen LogP contribution in [0.1, 0.15) is 30.3 Å². The topological polar surface area (TPSA) is 105 Å². The number of aromatic nitrogens is 2. The van der Waals surface area contributed by atoms with Gasteiger partial charge in [-0.2, -0.15) is 4.72 Å². The van der Waals surface area contributed by atoms with Gasteiger partial charge in [0.1, 0.15) is 6.04 Å². The van der Waals surface area contributed by atoms with Crippen LogP contribution in [0.25, 0.3) is 10.8 Å². The number of halogens is 1. The van der Waals surface area contributed by atoms with E-state index in [0.717, 1.165) is 20.8 Å². The van der Waals surface area contributed by atoms with E-state index in [1.54, 1.807) is 12.1 Å². The number of sulfonamides is 1. The van der Waals surface area contributed by atoms with Gasteiger partial charge in [0.2, 0.25) is 15.9 Å². The van der Waals surface area contributed by atoms with E-state index in [-0.39, 0.29) is 16.7 Å². The highest BCUT2D eigenvalue weighted by molar-refractivity contribution is 9.10. The molecule has 1 heterocycles. The van der Waals surface area contributed by atoms with Gasteiger partial charge in [-0.1, -0.05) is 65.3 Å². The Balaban J connectivity index is 1.78. The summed E-state index contributed by atoms with van der Waals surface area (Å²) in [7, 11) is -3.91. The number of H-pyrrole nitrogens is 1. The molecule has 0 aliphatic heterocycles. The molecule has 7 nitrogen and oxygen atoms in total. The first-order valence-electron chi connectivity index (χ1n) is 9.16. The van der Waals surface area contributed by atoms with Crippen LogP contribution in [0.4, 0.5) is 0 Å². The molecular formula is C21H18BrN3O4S. The number of aromatic amines is 1. The van der Waals surface area contributed by atoms with Gasteiger partial charge in [-0.15, -0.1) is 5.10 Å². The second-order valence-electron chi connectivity index (χ2n) is 6.86. The van der Waals surface area contributed by atoms with Crippen LogP contribution in [0.5, 0.6) is 0 Å². The van der Waals surface area contributed by atoms with Crippen molar-refractivity contribution < 1.29 is 12.8 Å². The van der Waals surface area contributed by atoms with Crippen LogP contribution in [-0.2, 0) is 10.0 Å². The Kier molecular flexibility index (Phi) is 5.59. The molecule has 2 unspecified atom stereocenters. The van der Waals surface area contributed by atoms with Crippen molar-refractivity contribution in [2.24, 2.45) is 0 Å². The van der Waals surface area contributed by atoms with Gasteiger partial charge in [0.15, 0.2) is 0 Å². The molecule has 2 N–H and O–H groups in total. The predicted molar refractivity (Wildman–Crippen MR) is 117 cm³/mol. The molecule has 0 bridgehead atoms. The fraction of sp³-hybridized carbons (Fsp3) is 0.143. The molecule has 0 fully saturated rings. The van der Waals surface area contributed by atoms with E-state index < -0.39 is 21.8 Å². The highest BCUT2D eigenvalue weighted by Gasteiger charge is 2.31. The molecule has 4 rings (SSSR count). The number of benzene rings is 3. The van der Waals surface area contributed by atoms with E-state index in [4.69, 9.17) is 4.42 Å². The standard InChI is InChI=1S/C21H18BrN3O4S/c1-13(17-8-4-6-14-5-2-3-7-18(14)17)19(20-23-24-21(26)29-20)25-30(27,28)16-11-9-15(22)10-12-16/h2-13,19,25H,1H3,(H,24,26). The van der Waals surface area contributed by atoms with Crippen molar-refractivity contribution in [3.8, 4) is 0 Å². The molecule has 30 heavy (non-hydrogen) atoms. The summed E-state index contributed by atoms with van der Waals surface area (Å²) in [5, 5.41) is 8.12. The van der Waals surface area contributed by atoms with Crippen LogP contribution in [0.15, 0.2) is 85.3 Å². The molecule has 0 spiro atoms. The lowest BCUT2D eigenvalue weighted by Gasteiger charge is -2.23. The minimum absolute atomic E-state index is 0.0267. The van der Waals surface area contributed by atoms with Crippen molar-refractivity contribution in [1.82, 2.24) is 14.9 Å². The van der Waals surface area contributed by atoms with Gasteiger partial charge in [0.25, 0.3) is 0 Å². The lowest BCUT2D eigenvalue weighted by molar-refractivity contribution is 0.382. The lowest BCUT2D eigenvalue weighted by atomic mass is 9.89. The Bertz CT molecular complexity index is 1340. The molecule has 0 aliphatic carbocycles. The molecule has 0 saturated heterocycles. The second kappa shape index (κ2) is 8.17. The summed E-state index contributed by atoms with van der Waals surface area (Å²) < 4.78 is 34.7. The minimum Gasteiger partial charge on any atom is -0.391 e. The quantitative estimate of drug-likeness (QED) is 0.425. The monoisotopic (exact) mass is 487 g/mol. The van der Waals surface area contributed by atoms with Crippen LogP contribution >= 0.6 is 15.9 Å². The number of nitrogens with zero attached hydrogens (tertiary/aromatic N) is 1. The van der Waals surface area contributed by atoms with E-state index in [1.165, 1.54) is 12.1 Å². The van der Waals surface area contributed by atoms with E-state index >= 15 is 0 Å². The number of fused-ring (bicyclic) bond motifs is 1. The maximum Gasteiger partial charge on any atom is 0.434 e. The van der Waals surface area contributed by atoms with Gasteiger partial charge >= 0.3 is 5.76 Å². The van der Waals surface area contributed by atoms with E-state index in [9.17, 15) is 13.2 Å². The van der Waals surface area contributed by atoms with Crippen LogP contribution in [-0.4, -0.2) is 18.6 Å². The molecule has 154 valence electrons. The molecule has 9 heteroatoms. The van der Waals surface area contributed by atoms with E-state index in [2.05, 4.69) is 30.8 Å². The van der Waals surface area contributed by atoms with Crippen LogP contribution in [0.2, 0.25) is 0 Å². The number of nitrogens with one attached hydrogen (secondary N) is 2. The van der Waals surface area contributed by atoms with Gasteiger partial charge < -0.3 is 4.42 Å². The molecule has 1 aromatic heterocycles. The maximum absolute atomic E-state index is 13.0. The molecule has 2 atom stereocenters. The van der Waals surface area contributed by atoms with Crippen molar-refractivity contribution in [2.45, 2.75) is 23.8 Å². The van der Waals surface area contributed by atoms with Crippen LogP contribution < -0.4 is 10.5 Å². The minimum atomic E-state index is -3.91. The van der Waals surface area contributed by atoms with Gasteiger partial charge in [-0.3, -0.25) is 0 Å². The lowest BCUT2D eigenvalue weighted by Crippen LogP contribution is -2.32. The maximum atomic E-state index is 13.0. The highest BCUT2D eigenvalue weighted by atomic mass is 79.9. The SMILES string of the molecule is CC(c1cccc2ccccc12)C(NS(=O)(=O)c1ccc(Br)cc1)c1n[nH]c(=O)o1. The summed E-state index contributed by atoms with van der Waals surface area (Å²) in [5.41, 5.74) is 0.905. The zero-order chi connectivity index (χ0) is 21.3. The van der Waals surface area contributed by atoms with Gasteiger partial charge in [-0.25, -0.2) is 18.3 Å². The van der Waals surface area contributed by atoms with Crippen molar-refractivity contribution in [3.63, 3.8) is 0 Å². The van der Waals surface area contributed by atoms with Crippen LogP contribution in [0.3, 0.4) is 0 Å². The normalized spacial score (nSPS) is 13.9. The molecule has 0 amide bonds. The Morgan fingerprint density at radius 1 is 1.03 bits per heavy atom. The van der Waals surface area contributed by atoms with Crippen molar-refractivity contribution in [2.75, 3.05) is 0 Å². The summed E-state index contributed by atoms with van der Waals surface area (Å²) in [4.78, 5) is 11.7. The highest BCUT2D eigenvalue weighted by Crippen LogP contribution is 2.35. The predicted octanol–water partition coefficient (Wildman–Crippen LogP) is 4.10. The number of hydrogen-bond acceptors (Lipinski definition) is 5. The zero-order valence-corrected chi connectivity index (χ0v) is 18.3. The van der Waals surface area contributed by atoms with Crippen molar-refractivity contribution in [1.29, 1.82) is 0 Å². The van der Waals surface area contributed by atoms with Crippen molar-refractivity contribution in [3.05, 3.63) is 93.2 Å². The second-order valence-corrected chi connectivity index (χ2v) is 9.49. The van der Waals surface area contributed by atoms with E-state index in [1.807, 2.05) is 49.4 Å². The first-order chi connectivity index (χ1) is 14.3. The van der Waals surface area contributed by atoms with Gasteiger partial charge in [0.05, 0.1) is 4.90 Å². The molecular weight excluding hydrogens is 470 g/mol. The first-order valence-corrected chi connectivity index (χ1v) is 11.4. The smallest absolute Gasteiger partial charge is 0.391 e.